The van der Waals surface area contributed by atoms with Gasteiger partial charge in [-0.15, -0.1) is 0 Å². The Morgan fingerprint density at radius 2 is 2.11 bits per heavy atom. The summed E-state index contributed by atoms with van der Waals surface area (Å²) in [6, 6.07) is 8.34. The highest BCUT2D eigenvalue weighted by Crippen LogP contribution is 2.20. The Balaban J connectivity index is 2.10. The summed E-state index contributed by atoms with van der Waals surface area (Å²) in [4.78, 5) is 13.6. The van der Waals surface area contributed by atoms with Crippen LogP contribution in [0.5, 0.6) is 0 Å². The highest BCUT2D eigenvalue weighted by molar-refractivity contribution is 5.81. The van der Waals surface area contributed by atoms with Crippen molar-refractivity contribution in [1.82, 2.24) is 5.32 Å². The normalized spacial score (nSPS) is 18.1. The molecule has 1 saturated heterocycles. The molecule has 0 aliphatic carbocycles. The number of amides is 1. The SMILES string of the molecule is CC[C@@H](N)c1ccc(N2CCCNC(=O)C2)cc1. The Bertz CT molecular complexity index is 402. The number of rotatable bonds is 3. The second kappa shape index (κ2) is 5.87. The lowest BCUT2D eigenvalue weighted by Crippen LogP contribution is -2.33. The minimum atomic E-state index is 0.0989. The van der Waals surface area contributed by atoms with Crippen molar-refractivity contribution in [1.29, 1.82) is 0 Å². The van der Waals surface area contributed by atoms with E-state index in [1.165, 1.54) is 0 Å². The van der Waals surface area contributed by atoms with E-state index in [2.05, 4.69) is 41.4 Å². The van der Waals surface area contributed by atoms with Gasteiger partial charge in [0.05, 0.1) is 6.54 Å². The van der Waals surface area contributed by atoms with Crippen molar-refractivity contribution in [2.75, 3.05) is 24.5 Å². The Morgan fingerprint density at radius 1 is 1.39 bits per heavy atom. The average molecular weight is 247 g/mol. The first kappa shape index (κ1) is 12.9. The molecule has 1 fully saturated rings. The standard InChI is InChI=1S/C14H21N3O/c1-2-13(15)11-4-6-12(7-5-11)17-9-3-8-16-14(18)10-17/h4-7,13H,2-3,8-10,15H2,1H3,(H,16,18)/t13-/m1/s1. The van der Waals surface area contributed by atoms with E-state index >= 15 is 0 Å². The number of carbonyl (C=O) groups excluding carboxylic acids is 1. The molecule has 1 amide bonds. The molecule has 2 rings (SSSR count). The fraction of sp³-hybridized carbons (Fsp3) is 0.500. The molecule has 4 heteroatoms. The summed E-state index contributed by atoms with van der Waals surface area (Å²) in [5.74, 6) is 0.0989. The zero-order valence-electron chi connectivity index (χ0n) is 10.9. The molecule has 1 aliphatic heterocycles. The van der Waals surface area contributed by atoms with Crippen molar-refractivity contribution >= 4 is 11.6 Å². The third-order valence-corrected chi connectivity index (χ3v) is 3.39. The summed E-state index contributed by atoms with van der Waals surface area (Å²) < 4.78 is 0. The van der Waals surface area contributed by atoms with Gasteiger partial charge in [0.25, 0.3) is 0 Å². The van der Waals surface area contributed by atoms with Gasteiger partial charge >= 0.3 is 0 Å². The van der Waals surface area contributed by atoms with Gasteiger partial charge in [0.1, 0.15) is 0 Å². The highest BCUT2D eigenvalue weighted by atomic mass is 16.2. The lowest BCUT2D eigenvalue weighted by molar-refractivity contribution is -0.119. The van der Waals surface area contributed by atoms with Crippen LogP contribution in [0.15, 0.2) is 24.3 Å². The van der Waals surface area contributed by atoms with E-state index in [1.807, 2.05) is 0 Å². The zero-order valence-corrected chi connectivity index (χ0v) is 10.9. The van der Waals surface area contributed by atoms with E-state index in [1.54, 1.807) is 0 Å². The van der Waals surface area contributed by atoms with Gasteiger partial charge in [-0.25, -0.2) is 0 Å². The van der Waals surface area contributed by atoms with Crippen LogP contribution in [0.2, 0.25) is 0 Å². The Kier molecular flexibility index (Phi) is 4.20. The lowest BCUT2D eigenvalue weighted by Gasteiger charge is -2.22. The molecule has 0 unspecified atom stereocenters. The molecule has 0 saturated carbocycles. The van der Waals surface area contributed by atoms with Crippen LogP contribution in [0.3, 0.4) is 0 Å². The summed E-state index contributed by atoms with van der Waals surface area (Å²) in [6.07, 6.45) is 1.92. The van der Waals surface area contributed by atoms with Crippen LogP contribution in [0.1, 0.15) is 31.4 Å². The van der Waals surface area contributed by atoms with Gasteiger partial charge in [0, 0.05) is 24.8 Å². The van der Waals surface area contributed by atoms with Crippen molar-refractivity contribution in [2.24, 2.45) is 5.73 Å². The van der Waals surface area contributed by atoms with Crippen LogP contribution in [-0.4, -0.2) is 25.5 Å². The van der Waals surface area contributed by atoms with Crippen molar-refractivity contribution < 1.29 is 4.79 Å². The molecule has 0 aromatic heterocycles. The number of carbonyl (C=O) groups is 1. The van der Waals surface area contributed by atoms with E-state index < -0.39 is 0 Å². The molecule has 4 nitrogen and oxygen atoms in total. The predicted molar refractivity (Wildman–Crippen MR) is 73.5 cm³/mol. The van der Waals surface area contributed by atoms with Gasteiger partial charge < -0.3 is 16.0 Å². The van der Waals surface area contributed by atoms with Gasteiger partial charge in [-0.1, -0.05) is 19.1 Å². The number of hydrogen-bond acceptors (Lipinski definition) is 3. The molecule has 1 atom stereocenters. The van der Waals surface area contributed by atoms with E-state index in [4.69, 9.17) is 5.73 Å². The largest absolute Gasteiger partial charge is 0.362 e. The third-order valence-electron chi connectivity index (χ3n) is 3.39. The van der Waals surface area contributed by atoms with Gasteiger partial charge in [-0.2, -0.15) is 0 Å². The first-order chi connectivity index (χ1) is 8.70. The van der Waals surface area contributed by atoms with E-state index in [-0.39, 0.29) is 11.9 Å². The highest BCUT2D eigenvalue weighted by Gasteiger charge is 2.15. The van der Waals surface area contributed by atoms with Crippen molar-refractivity contribution in [2.45, 2.75) is 25.8 Å². The Hall–Kier alpha value is -1.55. The zero-order chi connectivity index (χ0) is 13.0. The average Bonchev–Trinajstić information content (AvgIpc) is 2.63. The van der Waals surface area contributed by atoms with E-state index in [0.717, 1.165) is 37.2 Å². The number of anilines is 1. The topological polar surface area (TPSA) is 58.4 Å². The van der Waals surface area contributed by atoms with Gasteiger partial charge in [0.15, 0.2) is 0 Å². The first-order valence-electron chi connectivity index (χ1n) is 6.58. The number of nitrogens with zero attached hydrogens (tertiary/aromatic N) is 1. The first-order valence-corrected chi connectivity index (χ1v) is 6.58. The van der Waals surface area contributed by atoms with Crippen LogP contribution in [-0.2, 0) is 4.79 Å². The number of nitrogens with one attached hydrogen (secondary N) is 1. The fourth-order valence-corrected chi connectivity index (χ4v) is 2.19. The van der Waals surface area contributed by atoms with Gasteiger partial charge in [-0.05, 0) is 30.5 Å². The molecule has 0 spiro atoms. The monoisotopic (exact) mass is 247 g/mol. The summed E-state index contributed by atoms with van der Waals surface area (Å²) in [5.41, 5.74) is 8.24. The molecular weight excluding hydrogens is 226 g/mol. The maximum absolute atomic E-state index is 11.5. The second-order valence-corrected chi connectivity index (χ2v) is 4.73. The Morgan fingerprint density at radius 3 is 2.78 bits per heavy atom. The number of benzene rings is 1. The maximum Gasteiger partial charge on any atom is 0.239 e. The molecule has 98 valence electrons. The molecule has 18 heavy (non-hydrogen) atoms. The van der Waals surface area contributed by atoms with Crippen molar-refractivity contribution in [3.05, 3.63) is 29.8 Å². The van der Waals surface area contributed by atoms with Crippen LogP contribution in [0, 0.1) is 0 Å². The molecule has 1 aliphatic rings. The maximum atomic E-state index is 11.5. The summed E-state index contributed by atoms with van der Waals surface area (Å²) in [5, 5.41) is 2.88. The van der Waals surface area contributed by atoms with Crippen LogP contribution in [0.4, 0.5) is 5.69 Å². The Labute approximate surface area is 108 Å². The fourth-order valence-electron chi connectivity index (χ4n) is 2.19. The van der Waals surface area contributed by atoms with Crippen molar-refractivity contribution in [3.63, 3.8) is 0 Å². The number of nitrogens with two attached hydrogens (primary N) is 1. The third kappa shape index (κ3) is 3.01. The number of hydrogen-bond donors (Lipinski definition) is 2. The molecule has 1 heterocycles. The quantitative estimate of drug-likeness (QED) is 0.849. The smallest absolute Gasteiger partial charge is 0.239 e. The summed E-state index contributed by atoms with van der Waals surface area (Å²) in [7, 11) is 0. The summed E-state index contributed by atoms with van der Waals surface area (Å²) >= 11 is 0. The van der Waals surface area contributed by atoms with Crippen LogP contribution < -0.4 is 16.0 Å². The lowest BCUT2D eigenvalue weighted by atomic mass is 10.1. The summed E-state index contributed by atoms with van der Waals surface area (Å²) in [6.45, 7) is 4.21. The van der Waals surface area contributed by atoms with Gasteiger partial charge in [0.2, 0.25) is 5.91 Å². The van der Waals surface area contributed by atoms with E-state index in [9.17, 15) is 4.79 Å². The molecule has 1 aromatic carbocycles. The van der Waals surface area contributed by atoms with Crippen LogP contribution >= 0.6 is 0 Å². The van der Waals surface area contributed by atoms with Crippen LogP contribution in [0.25, 0.3) is 0 Å². The van der Waals surface area contributed by atoms with Gasteiger partial charge in [-0.3, -0.25) is 4.79 Å². The minimum Gasteiger partial charge on any atom is -0.362 e. The van der Waals surface area contributed by atoms with E-state index in [0.29, 0.717) is 6.54 Å². The molecule has 0 bridgehead atoms. The molecular formula is C14H21N3O. The molecule has 0 radical (unpaired) electrons. The minimum absolute atomic E-state index is 0.0989. The molecule has 1 aromatic rings. The predicted octanol–water partition coefficient (Wildman–Crippen LogP) is 1.42. The van der Waals surface area contributed by atoms with Crippen molar-refractivity contribution in [3.8, 4) is 0 Å². The molecule has 3 N–H and O–H groups in total. The second-order valence-electron chi connectivity index (χ2n) is 4.73.